The monoisotopic (exact) mass is 120 g/mol. The molecule has 1 nitrogen and oxygen atoms in total. The van der Waals surface area contributed by atoms with Crippen molar-refractivity contribution in [2.75, 3.05) is 6.61 Å². The van der Waals surface area contributed by atoms with E-state index in [0.717, 1.165) is 5.57 Å². The molecule has 0 aromatic heterocycles. The van der Waals surface area contributed by atoms with Gasteiger partial charge >= 0.3 is 0 Å². The Labute approximate surface area is 54.3 Å². The Morgan fingerprint density at radius 2 is 2.33 bits per heavy atom. The average Bonchev–Trinajstić information content (AvgIpc) is 2.13. The molecular formula is C8H8O. The van der Waals surface area contributed by atoms with Crippen LogP contribution in [0.1, 0.15) is 0 Å². The minimum Gasteiger partial charge on any atom is -0.392 e. The van der Waals surface area contributed by atoms with Gasteiger partial charge in [0.2, 0.25) is 0 Å². The van der Waals surface area contributed by atoms with Crippen molar-refractivity contribution in [1.82, 2.24) is 0 Å². The third-order valence-corrected chi connectivity index (χ3v) is 1.08. The zero-order valence-electron chi connectivity index (χ0n) is 5.04. The van der Waals surface area contributed by atoms with Crippen LogP contribution in [0.3, 0.4) is 0 Å². The lowest BCUT2D eigenvalue weighted by Gasteiger charge is -1.88. The Kier molecular flexibility index (Phi) is 2.08. The minimum absolute atomic E-state index is 0.0997. The number of hydrogen-bond acceptors (Lipinski definition) is 1. The molecule has 1 aliphatic rings. The maximum absolute atomic E-state index is 8.63. The predicted molar refractivity (Wildman–Crippen MR) is 37.0 cm³/mol. The predicted octanol–water partition coefficient (Wildman–Crippen LogP) is 1.19. The van der Waals surface area contributed by atoms with Gasteiger partial charge in [-0.15, -0.1) is 5.73 Å². The van der Waals surface area contributed by atoms with Gasteiger partial charge < -0.3 is 5.11 Å². The number of hydrogen-bond donors (Lipinski definition) is 1. The van der Waals surface area contributed by atoms with Gasteiger partial charge in [0.05, 0.1) is 6.61 Å². The van der Waals surface area contributed by atoms with Gasteiger partial charge in [0.25, 0.3) is 0 Å². The van der Waals surface area contributed by atoms with Crippen LogP contribution in [-0.4, -0.2) is 11.7 Å². The van der Waals surface area contributed by atoms with Crippen molar-refractivity contribution in [1.29, 1.82) is 0 Å². The maximum Gasteiger partial charge on any atom is 0.0682 e. The summed E-state index contributed by atoms with van der Waals surface area (Å²) in [4.78, 5) is 0. The highest BCUT2D eigenvalue weighted by Crippen LogP contribution is 1.98. The SMILES string of the molecule is OCC1=CC=C=CC=C1. The number of aliphatic hydroxyl groups excluding tert-OH is 1. The van der Waals surface area contributed by atoms with Crippen LogP contribution in [0.25, 0.3) is 0 Å². The summed E-state index contributed by atoms with van der Waals surface area (Å²) in [5.74, 6) is 0. The van der Waals surface area contributed by atoms with Crippen LogP contribution in [0.4, 0.5) is 0 Å². The van der Waals surface area contributed by atoms with Crippen LogP contribution < -0.4 is 0 Å². The number of allylic oxidation sites excluding steroid dienone is 3. The van der Waals surface area contributed by atoms with Crippen LogP contribution in [0.5, 0.6) is 0 Å². The fraction of sp³-hybridized carbons (Fsp3) is 0.125. The summed E-state index contributed by atoms with van der Waals surface area (Å²) in [7, 11) is 0. The van der Waals surface area contributed by atoms with E-state index in [0.29, 0.717) is 0 Å². The molecule has 0 unspecified atom stereocenters. The van der Waals surface area contributed by atoms with Crippen LogP contribution in [0.2, 0.25) is 0 Å². The highest BCUT2D eigenvalue weighted by molar-refractivity contribution is 5.29. The zero-order valence-corrected chi connectivity index (χ0v) is 5.04. The summed E-state index contributed by atoms with van der Waals surface area (Å²) < 4.78 is 0. The Hall–Kier alpha value is -1.04. The van der Waals surface area contributed by atoms with E-state index in [1.807, 2.05) is 18.2 Å². The van der Waals surface area contributed by atoms with E-state index < -0.39 is 0 Å². The summed E-state index contributed by atoms with van der Waals surface area (Å²) in [6, 6.07) is 0. The molecule has 0 saturated heterocycles. The Morgan fingerprint density at radius 3 is 3.11 bits per heavy atom. The summed E-state index contributed by atoms with van der Waals surface area (Å²) in [6.45, 7) is 0.0997. The van der Waals surface area contributed by atoms with E-state index in [1.54, 1.807) is 12.2 Å². The van der Waals surface area contributed by atoms with Crippen molar-refractivity contribution in [2.45, 2.75) is 0 Å². The van der Waals surface area contributed by atoms with Crippen LogP contribution in [-0.2, 0) is 0 Å². The minimum atomic E-state index is 0.0997. The molecule has 9 heavy (non-hydrogen) atoms. The smallest absolute Gasteiger partial charge is 0.0682 e. The van der Waals surface area contributed by atoms with Crippen molar-refractivity contribution >= 4 is 0 Å². The van der Waals surface area contributed by atoms with Gasteiger partial charge in [-0.1, -0.05) is 12.2 Å². The lowest BCUT2D eigenvalue weighted by molar-refractivity contribution is 0.335. The quantitative estimate of drug-likeness (QED) is 0.515. The molecule has 0 radical (unpaired) electrons. The molecule has 0 aliphatic heterocycles. The van der Waals surface area contributed by atoms with E-state index >= 15 is 0 Å². The topological polar surface area (TPSA) is 20.2 Å². The van der Waals surface area contributed by atoms with Gasteiger partial charge in [0.15, 0.2) is 0 Å². The summed E-state index contributed by atoms with van der Waals surface area (Å²) in [5.41, 5.74) is 3.80. The second-order valence-electron chi connectivity index (χ2n) is 1.76. The second-order valence-corrected chi connectivity index (χ2v) is 1.76. The molecule has 0 aromatic carbocycles. The molecule has 1 N–H and O–H groups in total. The van der Waals surface area contributed by atoms with E-state index in [1.165, 1.54) is 0 Å². The van der Waals surface area contributed by atoms with Gasteiger partial charge in [0, 0.05) is 0 Å². The molecule has 1 rings (SSSR count). The molecule has 0 aromatic rings. The van der Waals surface area contributed by atoms with Crippen molar-refractivity contribution < 1.29 is 5.11 Å². The molecule has 1 heteroatoms. The number of rotatable bonds is 1. The summed E-state index contributed by atoms with van der Waals surface area (Å²) in [5, 5.41) is 8.63. The fourth-order valence-electron chi connectivity index (χ4n) is 0.599. The molecule has 0 bridgehead atoms. The van der Waals surface area contributed by atoms with Gasteiger partial charge in [-0.3, -0.25) is 0 Å². The molecule has 0 atom stereocenters. The van der Waals surface area contributed by atoms with E-state index in [9.17, 15) is 0 Å². The first-order valence-electron chi connectivity index (χ1n) is 2.82. The van der Waals surface area contributed by atoms with E-state index in [4.69, 9.17) is 5.11 Å². The standard InChI is InChI=1S/C8H8O/c9-7-8-5-3-1-2-4-6-8/h1,3-6,9H,7H2. The van der Waals surface area contributed by atoms with Crippen LogP contribution >= 0.6 is 0 Å². The van der Waals surface area contributed by atoms with Crippen molar-refractivity contribution in [2.24, 2.45) is 0 Å². The van der Waals surface area contributed by atoms with Crippen LogP contribution in [0, 0.1) is 0 Å². The van der Waals surface area contributed by atoms with E-state index in [2.05, 4.69) is 5.73 Å². The van der Waals surface area contributed by atoms with Crippen molar-refractivity contribution in [3.05, 3.63) is 41.7 Å². The van der Waals surface area contributed by atoms with Gasteiger partial charge in [-0.05, 0) is 23.8 Å². The lowest BCUT2D eigenvalue weighted by atomic mass is 10.2. The lowest BCUT2D eigenvalue weighted by Crippen LogP contribution is -1.82. The highest BCUT2D eigenvalue weighted by Gasteiger charge is 1.85. The number of aliphatic hydroxyl groups is 1. The van der Waals surface area contributed by atoms with Gasteiger partial charge in [-0.2, -0.15) is 0 Å². The maximum atomic E-state index is 8.63. The average molecular weight is 120 g/mol. The fourth-order valence-corrected chi connectivity index (χ4v) is 0.599. The molecule has 0 fully saturated rings. The molecule has 46 valence electrons. The zero-order chi connectivity index (χ0) is 6.53. The molecule has 0 spiro atoms. The normalized spacial score (nSPS) is 15.4. The molecule has 0 amide bonds. The first-order valence-corrected chi connectivity index (χ1v) is 2.82. The summed E-state index contributed by atoms with van der Waals surface area (Å²) in [6.07, 6.45) is 9.13. The molecular weight excluding hydrogens is 112 g/mol. The first kappa shape index (κ1) is 6.09. The highest BCUT2D eigenvalue weighted by atomic mass is 16.3. The van der Waals surface area contributed by atoms with Crippen molar-refractivity contribution in [3.63, 3.8) is 0 Å². The first-order chi connectivity index (χ1) is 4.43. The molecule has 1 aliphatic carbocycles. The van der Waals surface area contributed by atoms with E-state index in [-0.39, 0.29) is 6.61 Å². The Balaban J connectivity index is 2.78. The van der Waals surface area contributed by atoms with Gasteiger partial charge in [-0.25, -0.2) is 0 Å². The van der Waals surface area contributed by atoms with Gasteiger partial charge in [0.1, 0.15) is 0 Å². The Morgan fingerprint density at radius 1 is 1.44 bits per heavy atom. The molecule has 0 heterocycles. The largest absolute Gasteiger partial charge is 0.392 e. The second kappa shape index (κ2) is 3.08. The summed E-state index contributed by atoms with van der Waals surface area (Å²) >= 11 is 0. The third kappa shape index (κ3) is 1.73. The third-order valence-electron chi connectivity index (χ3n) is 1.08. The van der Waals surface area contributed by atoms with Crippen LogP contribution in [0.15, 0.2) is 41.7 Å². The Bertz CT molecular complexity index is 203. The molecule has 0 saturated carbocycles. The van der Waals surface area contributed by atoms with Crippen molar-refractivity contribution in [3.8, 4) is 0 Å².